The molecule has 120 valence electrons. The summed E-state index contributed by atoms with van der Waals surface area (Å²) in [6, 6.07) is 0.239. The van der Waals surface area contributed by atoms with Crippen LogP contribution < -0.4 is 10.6 Å². The molecular weight excluding hydrogens is 274 g/mol. The number of carboxylic acids is 1. The van der Waals surface area contributed by atoms with E-state index in [0.717, 1.165) is 19.4 Å². The maximum absolute atomic E-state index is 12.1. The van der Waals surface area contributed by atoms with Gasteiger partial charge in [0.15, 0.2) is 0 Å². The van der Waals surface area contributed by atoms with Gasteiger partial charge in [0, 0.05) is 25.6 Å². The molecule has 1 aliphatic rings. The second kappa shape index (κ2) is 8.61. The van der Waals surface area contributed by atoms with Crippen LogP contribution in [-0.4, -0.2) is 59.5 Å². The van der Waals surface area contributed by atoms with Gasteiger partial charge in [-0.15, -0.1) is 0 Å². The van der Waals surface area contributed by atoms with Crippen molar-refractivity contribution in [2.24, 2.45) is 0 Å². The fraction of sp³-hybridized carbons (Fsp3) is 0.786. The maximum Gasteiger partial charge on any atom is 0.305 e. The first kappa shape index (κ1) is 17.4. The highest BCUT2D eigenvalue weighted by atomic mass is 16.4. The van der Waals surface area contributed by atoms with E-state index in [1.165, 1.54) is 0 Å². The molecule has 1 saturated heterocycles. The van der Waals surface area contributed by atoms with Crippen molar-refractivity contribution in [3.63, 3.8) is 0 Å². The smallest absolute Gasteiger partial charge is 0.305 e. The topological polar surface area (TPSA) is 98.7 Å². The molecule has 21 heavy (non-hydrogen) atoms. The molecule has 1 atom stereocenters. The lowest BCUT2D eigenvalue weighted by atomic mass is 10.2. The summed E-state index contributed by atoms with van der Waals surface area (Å²) in [6.45, 7) is 5.47. The normalized spacial score (nSPS) is 18.7. The van der Waals surface area contributed by atoms with E-state index in [-0.39, 0.29) is 43.8 Å². The highest BCUT2D eigenvalue weighted by molar-refractivity contribution is 5.83. The van der Waals surface area contributed by atoms with Crippen molar-refractivity contribution in [3.05, 3.63) is 0 Å². The third kappa shape index (κ3) is 6.12. The molecule has 7 heteroatoms. The van der Waals surface area contributed by atoms with Gasteiger partial charge >= 0.3 is 5.97 Å². The highest BCUT2D eigenvalue weighted by Crippen LogP contribution is 2.19. The fourth-order valence-corrected chi connectivity index (χ4v) is 2.50. The van der Waals surface area contributed by atoms with Crippen LogP contribution in [-0.2, 0) is 14.4 Å². The summed E-state index contributed by atoms with van der Waals surface area (Å²) >= 11 is 0. The van der Waals surface area contributed by atoms with Crippen LogP contribution in [0.2, 0.25) is 0 Å². The van der Waals surface area contributed by atoms with Crippen molar-refractivity contribution in [1.29, 1.82) is 0 Å². The zero-order valence-corrected chi connectivity index (χ0v) is 12.7. The van der Waals surface area contributed by atoms with Crippen LogP contribution in [0, 0.1) is 0 Å². The molecular formula is C14H25N3O4. The Balaban J connectivity index is 2.21. The Morgan fingerprint density at radius 3 is 2.48 bits per heavy atom. The summed E-state index contributed by atoms with van der Waals surface area (Å²) < 4.78 is 0. The Bertz CT molecular complexity index is 384. The molecule has 7 nitrogen and oxygen atoms in total. The summed E-state index contributed by atoms with van der Waals surface area (Å²) in [5, 5.41) is 13.7. The Morgan fingerprint density at radius 1 is 1.19 bits per heavy atom. The van der Waals surface area contributed by atoms with Gasteiger partial charge in [0.05, 0.1) is 12.5 Å². The Labute approximate surface area is 125 Å². The zero-order valence-electron chi connectivity index (χ0n) is 12.7. The van der Waals surface area contributed by atoms with Gasteiger partial charge in [-0.2, -0.15) is 0 Å². The predicted octanol–water partition coefficient (Wildman–Crippen LogP) is -0.0436. The zero-order chi connectivity index (χ0) is 15.8. The van der Waals surface area contributed by atoms with Crippen molar-refractivity contribution in [2.45, 2.75) is 51.6 Å². The van der Waals surface area contributed by atoms with Crippen LogP contribution in [0.15, 0.2) is 0 Å². The summed E-state index contributed by atoms with van der Waals surface area (Å²) in [5.41, 5.74) is 0. The lowest BCUT2D eigenvalue weighted by molar-refractivity contribution is -0.137. The third-order valence-electron chi connectivity index (χ3n) is 3.57. The van der Waals surface area contributed by atoms with E-state index < -0.39 is 5.97 Å². The lowest BCUT2D eigenvalue weighted by Gasteiger charge is -2.27. The van der Waals surface area contributed by atoms with Gasteiger partial charge in [0.2, 0.25) is 11.8 Å². The summed E-state index contributed by atoms with van der Waals surface area (Å²) in [5.74, 6) is -1.22. The average Bonchev–Trinajstić information content (AvgIpc) is 2.87. The monoisotopic (exact) mass is 299 g/mol. The second-order valence-electron chi connectivity index (χ2n) is 5.52. The quantitative estimate of drug-likeness (QED) is 0.584. The van der Waals surface area contributed by atoms with E-state index in [4.69, 9.17) is 5.11 Å². The first-order chi connectivity index (χ1) is 9.91. The number of rotatable bonds is 8. The van der Waals surface area contributed by atoms with Gasteiger partial charge in [-0.3, -0.25) is 19.3 Å². The van der Waals surface area contributed by atoms with E-state index in [9.17, 15) is 14.4 Å². The number of likely N-dealkylation sites (tertiary alicyclic amines) is 1. The predicted molar refractivity (Wildman–Crippen MR) is 77.8 cm³/mol. The van der Waals surface area contributed by atoms with E-state index in [0.29, 0.717) is 6.04 Å². The summed E-state index contributed by atoms with van der Waals surface area (Å²) in [6.07, 6.45) is 1.95. The number of carbonyl (C=O) groups excluding carboxylic acids is 2. The van der Waals surface area contributed by atoms with Crippen molar-refractivity contribution >= 4 is 17.8 Å². The molecule has 0 aliphatic carbocycles. The van der Waals surface area contributed by atoms with Crippen molar-refractivity contribution in [2.75, 3.05) is 19.6 Å². The van der Waals surface area contributed by atoms with Crippen molar-refractivity contribution < 1.29 is 19.5 Å². The largest absolute Gasteiger partial charge is 0.481 e. The Kier molecular flexibility index (Phi) is 7.14. The highest BCUT2D eigenvalue weighted by Gasteiger charge is 2.31. The molecule has 1 fully saturated rings. The number of amides is 2. The minimum atomic E-state index is -0.946. The first-order valence-corrected chi connectivity index (χ1v) is 7.43. The summed E-state index contributed by atoms with van der Waals surface area (Å²) in [4.78, 5) is 36.0. The van der Waals surface area contributed by atoms with Crippen LogP contribution in [0.25, 0.3) is 0 Å². The molecule has 0 aromatic rings. The van der Waals surface area contributed by atoms with E-state index in [1.807, 2.05) is 0 Å². The minimum Gasteiger partial charge on any atom is -0.481 e. The molecule has 3 N–H and O–H groups in total. The van der Waals surface area contributed by atoms with E-state index in [1.54, 1.807) is 0 Å². The van der Waals surface area contributed by atoms with Gasteiger partial charge in [0.25, 0.3) is 0 Å². The number of nitrogens with zero attached hydrogens (tertiary/aromatic N) is 1. The van der Waals surface area contributed by atoms with Gasteiger partial charge in [-0.05, 0) is 33.2 Å². The average molecular weight is 299 g/mol. The second-order valence-corrected chi connectivity index (χ2v) is 5.52. The standard InChI is InChI=1S/C14H25N3O4/c1-10(2)17-9-3-4-11(17)14(21)16-7-5-12(18)15-8-6-13(19)20/h10-11H,3-9H2,1-2H3,(H,15,18)(H,16,21)(H,19,20)/t11-/m0/s1. The fourth-order valence-electron chi connectivity index (χ4n) is 2.50. The number of hydrogen-bond donors (Lipinski definition) is 3. The van der Waals surface area contributed by atoms with Gasteiger partial charge in [0.1, 0.15) is 0 Å². The molecule has 0 radical (unpaired) electrons. The van der Waals surface area contributed by atoms with Crippen LogP contribution in [0.3, 0.4) is 0 Å². The summed E-state index contributed by atoms with van der Waals surface area (Å²) in [7, 11) is 0. The number of carbonyl (C=O) groups is 3. The Hall–Kier alpha value is -1.63. The molecule has 0 bridgehead atoms. The maximum atomic E-state index is 12.1. The number of hydrogen-bond acceptors (Lipinski definition) is 4. The third-order valence-corrected chi connectivity index (χ3v) is 3.57. The Morgan fingerprint density at radius 2 is 1.86 bits per heavy atom. The van der Waals surface area contributed by atoms with Crippen LogP contribution in [0.5, 0.6) is 0 Å². The lowest BCUT2D eigenvalue weighted by Crippen LogP contribution is -2.46. The molecule has 0 aromatic carbocycles. The van der Waals surface area contributed by atoms with Crippen LogP contribution in [0.1, 0.15) is 39.5 Å². The van der Waals surface area contributed by atoms with Gasteiger partial charge in [-0.25, -0.2) is 0 Å². The number of aliphatic carboxylic acids is 1. The van der Waals surface area contributed by atoms with Crippen molar-refractivity contribution in [1.82, 2.24) is 15.5 Å². The molecule has 1 rings (SSSR count). The molecule has 1 heterocycles. The molecule has 0 saturated carbocycles. The van der Waals surface area contributed by atoms with E-state index in [2.05, 4.69) is 29.4 Å². The first-order valence-electron chi connectivity index (χ1n) is 7.43. The minimum absolute atomic E-state index is 0.0282. The van der Waals surface area contributed by atoms with Gasteiger partial charge in [-0.1, -0.05) is 0 Å². The molecule has 0 unspecified atom stereocenters. The van der Waals surface area contributed by atoms with Crippen LogP contribution in [0.4, 0.5) is 0 Å². The van der Waals surface area contributed by atoms with Gasteiger partial charge < -0.3 is 15.7 Å². The van der Waals surface area contributed by atoms with Crippen LogP contribution >= 0.6 is 0 Å². The SMILES string of the molecule is CC(C)N1CCC[C@H]1C(=O)NCCC(=O)NCCC(=O)O. The molecule has 0 aromatic heterocycles. The number of nitrogens with one attached hydrogen (secondary N) is 2. The molecule has 1 aliphatic heterocycles. The number of carboxylic acid groups (broad SMARTS) is 1. The molecule has 2 amide bonds. The molecule has 0 spiro atoms. The van der Waals surface area contributed by atoms with E-state index >= 15 is 0 Å². The van der Waals surface area contributed by atoms with Crippen molar-refractivity contribution in [3.8, 4) is 0 Å².